The van der Waals surface area contributed by atoms with Crippen molar-refractivity contribution >= 4 is 11.0 Å². The number of fused-ring (bicyclic) bond motifs is 2. The molecule has 4 aromatic carbocycles. The average molecular weight is 445 g/mol. The predicted octanol–water partition coefficient (Wildman–Crippen LogP) is 6.84. The number of aryl methyl sites for hydroxylation is 1. The van der Waals surface area contributed by atoms with Crippen LogP contribution in [0.2, 0.25) is 0 Å². The molecule has 0 amide bonds. The van der Waals surface area contributed by atoms with Gasteiger partial charge in [0.15, 0.2) is 0 Å². The van der Waals surface area contributed by atoms with E-state index >= 15 is 0 Å². The quantitative estimate of drug-likeness (QED) is 0.310. The maximum absolute atomic E-state index is 13.5. The Morgan fingerprint density at radius 1 is 0.735 bits per heavy atom. The van der Waals surface area contributed by atoms with E-state index in [4.69, 9.17) is 4.42 Å². The Balaban J connectivity index is 1.65. The minimum atomic E-state index is -0.793. The van der Waals surface area contributed by atoms with Gasteiger partial charge in [-0.1, -0.05) is 91.0 Å². The van der Waals surface area contributed by atoms with E-state index in [1.807, 2.05) is 36.4 Å². The molecule has 1 aromatic heterocycles. The Bertz CT molecular complexity index is 1550. The summed E-state index contributed by atoms with van der Waals surface area (Å²) >= 11 is 0. The van der Waals surface area contributed by atoms with Gasteiger partial charge in [0.2, 0.25) is 0 Å². The summed E-state index contributed by atoms with van der Waals surface area (Å²) in [7, 11) is 0. The molecule has 166 valence electrons. The Morgan fingerprint density at radius 3 is 2.24 bits per heavy atom. The minimum Gasteiger partial charge on any atom is -0.507 e. The molecule has 1 atom stereocenters. The minimum absolute atomic E-state index is 0.00990. The van der Waals surface area contributed by atoms with Crippen LogP contribution < -0.4 is 5.63 Å². The van der Waals surface area contributed by atoms with Crippen LogP contribution in [-0.2, 0) is 11.8 Å². The average Bonchev–Trinajstić information content (AvgIpc) is 2.89. The number of para-hydroxylation sites is 1. The highest BCUT2D eigenvalue weighted by atomic mass is 16.4. The summed E-state index contributed by atoms with van der Waals surface area (Å²) in [5, 5.41) is 12.1. The largest absolute Gasteiger partial charge is 0.507 e. The monoisotopic (exact) mass is 444 g/mol. The summed E-state index contributed by atoms with van der Waals surface area (Å²) in [6.45, 7) is 0. The van der Waals surface area contributed by atoms with E-state index in [2.05, 4.69) is 48.5 Å². The molecule has 0 bridgehead atoms. The summed E-state index contributed by atoms with van der Waals surface area (Å²) in [6, 6.07) is 34.1. The van der Waals surface area contributed by atoms with Crippen molar-refractivity contribution in [1.29, 1.82) is 0 Å². The second kappa shape index (κ2) is 8.03. The van der Waals surface area contributed by atoms with E-state index in [-0.39, 0.29) is 5.75 Å². The molecule has 1 heterocycles. The van der Waals surface area contributed by atoms with Crippen LogP contribution in [0.25, 0.3) is 22.1 Å². The lowest BCUT2D eigenvalue weighted by atomic mass is 9.62. The van der Waals surface area contributed by atoms with E-state index in [1.54, 1.807) is 18.2 Å². The van der Waals surface area contributed by atoms with Crippen molar-refractivity contribution in [3.05, 3.63) is 136 Å². The second-order valence-corrected chi connectivity index (χ2v) is 8.97. The van der Waals surface area contributed by atoms with Gasteiger partial charge in [0.05, 0.1) is 16.4 Å². The normalized spacial score (nSPS) is 17.4. The van der Waals surface area contributed by atoms with E-state index in [9.17, 15) is 9.90 Å². The first-order chi connectivity index (χ1) is 16.7. The van der Waals surface area contributed by atoms with Gasteiger partial charge >= 0.3 is 5.63 Å². The third kappa shape index (κ3) is 3.08. The fourth-order valence-corrected chi connectivity index (χ4v) is 5.62. The highest BCUT2D eigenvalue weighted by molar-refractivity contribution is 5.85. The first-order valence-corrected chi connectivity index (χ1v) is 11.7. The summed E-state index contributed by atoms with van der Waals surface area (Å²) in [6.07, 6.45) is 2.56. The van der Waals surface area contributed by atoms with Gasteiger partial charge < -0.3 is 9.52 Å². The second-order valence-electron chi connectivity index (χ2n) is 8.97. The molecule has 6 rings (SSSR count). The number of hydrogen-bond donors (Lipinski definition) is 1. The van der Waals surface area contributed by atoms with E-state index in [0.717, 1.165) is 35.1 Å². The fraction of sp³-hybridized carbons (Fsp3) is 0.129. The molecule has 0 radical (unpaired) electrons. The van der Waals surface area contributed by atoms with E-state index in [0.29, 0.717) is 23.0 Å². The predicted molar refractivity (Wildman–Crippen MR) is 135 cm³/mol. The lowest BCUT2D eigenvalue weighted by molar-refractivity contribution is 0.412. The number of aromatic hydroxyl groups is 1. The topological polar surface area (TPSA) is 50.4 Å². The smallest absolute Gasteiger partial charge is 0.344 e. The Kier molecular flexibility index (Phi) is 4.84. The van der Waals surface area contributed by atoms with Gasteiger partial charge in [-0.05, 0) is 59.2 Å². The molecule has 34 heavy (non-hydrogen) atoms. The lowest BCUT2D eigenvalue weighted by Crippen LogP contribution is -2.37. The van der Waals surface area contributed by atoms with Crippen molar-refractivity contribution in [2.75, 3.05) is 0 Å². The Hall–Kier alpha value is -4.11. The molecule has 1 unspecified atom stereocenters. The molecule has 0 saturated carbocycles. The molecule has 0 aliphatic heterocycles. The van der Waals surface area contributed by atoms with Crippen LogP contribution in [0.1, 0.15) is 35.1 Å². The van der Waals surface area contributed by atoms with Crippen molar-refractivity contribution in [2.45, 2.75) is 24.7 Å². The third-order valence-electron chi connectivity index (χ3n) is 7.17. The molecule has 0 spiro atoms. The summed E-state index contributed by atoms with van der Waals surface area (Å²) in [5.41, 5.74) is 4.94. The molecule has 0 fully saturated rings. The van der Waals surface area contributed by atoms with Gasteiger partial charge in [-0.3, -0.25) is 0 Å². The fourth-order valence-electron chi connectivity index (χ4n) is 5.62. The molecule has 1 N–H and O–H groups in total. The zero-order valence-corrected chi connectivity index (χ0v) is 18.7. The molecular weight excluding hydrogens is 420 g/mol. The van der Waals surface area contributed by atoms with Crippen LogP contribution in [0.5, 0.6) is 5.75 Å². The van der Waals surface area contributed by atoms with E-state index in [1.165, 1.54) is 5.56 Å². The van der Waals surface area contributed by atoms with Crippen LogP contribution >= 0.6 is 0 Å². The van der Waals surface area contributed by atoms with Gasteiger partial charge in [0.25, 0.3) is 0 Å². The highest BCUT2D eigenvalue weighted by Crippen LogP contribution is 2.50. The summed E-state index contributed by atoms with van der Waals surface area (Å²) in [4.78, 5) is 13.5. The number of hydrogen-bond acceptors (Lipinski definition) is 3. The van der Waals surface area contributed by atoms with E-state index < -0.39 is 11.0 Å². The van der Waals surface area contributed by atoms with Gasteiger partial charge in [-0.15, -0.1) is 0 Å². The van der Waals surface area contributed by atoms with Gasteiger partial charge in [0.1, 0.15) is 11.3 Å². The maximum atomic E-state index is 13.5. The van der Waals surface area contributed by atoms with Crippen molar-refractivity contribution in [3.8, 4) is 16.9 Å². The number of benzene rings is 4. The first-order valence-electron chi connectivity index (χ1n) is 11.7. The highest BCUT2D eigenvalue weighted by Gasteiger charge is 2.44. The molecule has 3 nitrogen and oxygen atoms in total. The van der Waals surface area contributed by atoms with Gasteiger partial charge in [-0.25, -0.2) is 4.79 Å². The molecule has 5 aromatic rings. The SMILES string of the molecule is O=c1oc2ccccc2c(O)c1C1(c2ccc(-c3ccccc3)cc2)CCCc2ccccc21. The molecule has 3 heteroatoms. The van der Waals surface area contributed by atoms with Crippen LogP contribution in [0.4, 0.5) is 0 Å². The van der Waals surface area contributed by atoms with Crippen LogP contribution in [0.3, 0.4) is 0 Å². The van der Waals surface area contributed by atoms with Crippen LogP contribution in [-0.4, -0.2) is 5.11 Å². The first kappa shape index (κ1) is 20.5. The lowest BCUT2D eigenvalue weighted by Gasteiger charge is -2.40. The molecule has 0 saturated heterocycles. The molecule has 1 aliphatic rings. The van der Waals surface area contributed by atoms with Crippen molar-refractivity contribution in [2.24, 2.45) is 0 Å². The zero-order chi connectivity index (χ0) is 23.1. The molecule has 1 aliphatic carbocycles. The standard InChI is InChI=1S/C31H24O3/c32-29-25-13-5-7-15-27(25)34-30(33)28(29)31(20-8-12-23-11-4-6-14-26(23)31)24-18-16-22(17-19-24)21-9-2-1-3-10-21/h1-7,9-11,13-19,32H,8,12,20H2. The van der Waals surface area contributed by atoms with Crippen molar-refractivity contribution in [3.63, 3.8) is 0 Å². The van der Waals surface area contributed by atoms with Crippen LogP contribution in [0.15, 0.2) is 112 Å². The summed E-state index contributed by atoms with van der Waals surface area (Å²) in [5.74, 6) is 0.00990. The summed E-state index contributed by atoms with van der Waals surface area (Å²) < 4.78 is 5.77. The number of rotatable bonds is 3. The Labute approximate surface area is 197 Å². The Morgan fingerprint density at radius 2 is 1.41 bits per heavy atom. The molecular formula is C31H24O3. The van der Waals surface area contributed by atoms with Crippen molar-refractivity contribution in [1.82, 2.24) is 0 Å². The van der Waals surface area contributed by atoms with Gasteiger partial charge in [-0.2, -0.15) is 0 Å². The third-order valence-corrected chi connectivity index (χ3v) is 7.17. The van der Waals surface area contributed by atoms with Gasteiger partial charge in [0, 0.05) is 0 Å². The van der Waals surface area contributed by atoms with Crippen LogP contribution in [0, 0.1) is 0 Å². The maximum Gasteiger partial charge on any atom is 0.344 e. The zero-order valence-electron chi connectivity index (χ0n) is 18.7. The van der Waals surface area contributed by atoms with Crippen molar-refractivity contribution < 1.29 is 9.52 Å².